The maximum atomic E-state index is 13.2. The lowest BCUT2D eigenvalue weighted by atomic mass is 9.79. The number of hydrogen-bond acceptors (Lipinski definition) is 6. The van der Waals surface area contributed by atoms with Crippen molar-refractivity contribution in [2.75, 3.05) is 11.9 Å². The smallest absolute Gasteiger partial charge is 0.408 e. The monoisotopic (exact) mass is 567 g/mol. The minimum absolute atomic E-state index is 0.0112. The molecule has 0 spiro atoms. The van der Waals surface area contributed by atoms with Gasteiger partial charge in [0, 0.05) is 25.4 Å². The highest BCUT2D eigenvalue weighted by Gasteiger charge is 2.39. The van der Waals surface area contributed by atoms with Crippen molar-refractivity contribution in [1.82, 2.24) is 20.1 Å². The molecule has 0 aromatic carbocycles. The number of ether oxygens (including phenoxy) is 1. The van der Waals surface area contributed by atoms with Crippen LogP contribution in [0.15, 0.2) is 12.3 Å². The van der Waals surface area contributed by atoms with E-state index >= 15 is 0 Å². The van der Waals surface area contributed by atoms with E-state index in [4.69, 9.17) is 11.6 Å². The molecule has 14 heteroatoms. The van der Waals surface area contributed by atoms with Gasteiger partial charge in [-0.3, -0.25) is 9.48 Å². The van der Waals surface area contributed by atoms with Crippen molar-refractivity contribution in [3.63, 3.8) is 0 Å². The molecule has 0 radical (unpaired) electrons. The zero-order valence-corrected chi connectivity index (χ0v) is 22.0. The number of nitrogens with zero attached hydrogens (tertiary/aromatic N) is 3. The van der Waals surface area contributed by atoms with E-state index in [0.717, 1.165) is 25.1 Å². The summed E-state index contributed by atoms with van der Waals surface area (Å²) >= 11 is 6.49. The zero-order chi connectivity index (χ0) is 28.3. The van der Waals surface area contributed by atoms with Crippen LogP contribution in [0, 0.1) is 5.92 Å². The van der Waals surface area contributed by atoms with Gasteiger partial charge in [-0.25, -0.2) is 4.98 Å². The molecule has 1 atom stereocenters. The predicted molar refractivity (Wildman–Crippen MR) is 131 cm³/mol. The van der Waals surface area contributed by atoms with Gasteiger partial charge in [-0.1, -0.05) is 25.4 Å². The fourth-order valence-corrected chi connectivity index (χ4v) is 4.68. The molecule has 1 amide bonds. The summed E-state index contributed by atoms with van der Waals surface area (Å²) in [5.41, 5.74) is -1.32. The minimum Gasteiger partial charge on any atom is -0.434 e. The Balaban J connectivity index is 1.92. The molecular formula is C24H31ClF5N5O3. The van der Waals surface area contributed by atoms with E-state index in [9.17, 15) is 31.9 Å². The summed E-state index contributed by atoms with van der Waals surface area (Å²) in [7, 11) is 0. The number of amides is 1. The van der Waals surface area contributed by atoms with E-state index in [-0.39, 0.29) is 47.3 Å². The molecule has 0 bridgehead atoms. The van der Waals surface area contributed by atoms with E-state index in [1.807, 2.05) is 0 Å². The van der Waals surface area contributed by atoms with Crippen molar-refractivity contribution < 1.29 is 36.6 Å². The van der Waals surface area contributed by atoms with Crippen LogP contribution in [0.4, 0.5) is 27.8 Å². The largest absolute Gasteiger partial charge is 0.434 e. The van der Waals surface area contributed by atoms with Crippen molar-refractivity contribution in [2.45, 2.75) is 83.9 Å². The Hall–Kier alpha value is -2.67. The quantitative estimate of drug-likeness (QED) is 0.321. The lowest BCUT2D eigenvalue weighted by Gasteiger charge is -2.34. The molecule has 8 nitrogen and oxygen atoms in total. The molecular weight excluding hydrogens is 537 g/mol. The first-order chi connectivity index (χ1) is 17.8. The van der Waals surface area contributed by atoms with Crippen molar-refractivity contribution in [1.29, 1.82) is 0 Å². The first-order valence-electron chi connectivity index (χ1n) is 12.3. The van der Waals surface area contributed by atoms with Gasteiger partial charge in [0.15, 0.2) is 5.69 Å². The molecule has 3 N–H and O–H groups in total. The third kappa shape index (κ3) is 7.04. The molecule has 2 heterocycles. The number of rotatable bonds is 10. The molecule has 1 saturated carbocycles. The third-order valence-electron chi connectivity index (χ3n) is 6.65. The first-order valence-corrected chi connectivity index (χ1v) is 12.7. The molecule has 1 aliphatic carbocycles. The fraction of sp³-hybridized carbons (Fsp3) is 0.625. The number of aliphatic hydroxyl groups is 1. The molecule has 0 aliphatic heterocycles. The SMILES string of the molecule is CC[C@H](Nc1cc(OC(F)F)c(-c2c(Cl)c(C(=O)NCC3(O)CCC(C)CC3)nn2CC)cn1)C(F)(F)F. The highest BCUT2D eigenvalue weighted by molar-refractivity contribution is 6.36. The van der Waals surface area contributed by atoms with Crippen LogP contribution in [0.1, 0.15) is 63.4 Å². The summed E-state index contributed by atoms with van der Waals surface area (Å²) in [5, 5.41) is 19.6. The number of carbonyl (C=O) groups is 1. The number of pyridine rings is 1. The summed E-state index contributed by atoms with van der Waals surface area (Å²) in [6.45, 7) is 1.95. The Morgan fingerprint density at radius 2 is 1.97 bits per heavy atom. The van der Waals surface area contributed by atoms with E-state index in [1.54, 1.807) is 6.92 Å². The molecule has 212 valence electrons. The second-order valence-electron chi connectivity index (χ2n) is 9.51. The normalized spacial score (nSPS) is 20.9. The number of alkyl halides is 5. The van der Waals surface area contributed by atoms with Crippen LogP contribution < -0.4 is 15.4 Å². The van der Waals surface area contributed by atoms with E-state index < -0.39 is 36.1 Å². The number of aromatic nitrogens is 3. The van der Waals surface area contributed by atoms with Crippen LogP contribution in [0.3, 0.4) is 0 Å². The van der Waals surface area contributed by atoms with Crippen LogP contribution >= 0.6 is 11.6 Å². The maximum Gasteiger partial charge on any atom is 0.408 e. The predicted octanol–water partition coefficient (Wildman–Crippen LogP) is 5.64. The standard InChI is InChI=1S/C24H31ClF5N5O3/c1-4-16(24(28,29)30)33-17-10-15(38-22(26)27)14(11-31-17)20-18(25)19(34-35(20)5-2)21(36)32-12-23(37)8-6-13(3)7-9-23/h10-11,13,16,22,37H,4-9,12H2,1-3H3,(H,31,33)(H,32,36)/t13?,16-,23?/m0/s1. The Labute approximate surface area is 221 Å². The van der Waals surface area contributed by atoms with Crippen molar-refractivity contribution in [3.8, 4) is 17.0 Å². The van der Waals surface area contributed by atoms with E-state index in [0.29, 0.717) is 18.8 Å². The molecule has 0 unspecified atom stereocenters. The Morgan fingerprint density at radius 1 is 1.32 bits per heavy atom. The number of carbonyl (C=O) groups excluding carboxylic acids is 1. The molecule has 1 fully saturated rings. The second kappa shape index (κ2) is 12.0. The number of halogens is 6. The fourth-order valence-electron chi connectivity index (χ4n) is 4.36. The van der Waals surface area contributed by atoms with Gasteiger partial charge in [-0.15, -0.1) is 0 Å². The lowest BCUT2D eigenvalue weighted by molar-refractivity contribution is -0.142. The van der Waals surface area contributed by atoms with Gasteiger partial charge < -0.3 is 20.5 Å². The average Bonchev–Trinajstić information content (AvgIpc) is 3.18. The van der Waals surface area contributed by atoms with E-state index in [2.05, 4.69) is 32.4 Å². The highest BCUT2D eigenvalue weighted by atomic mass is 35.5. The Bertz CT molecular complexity index is 1120. The number of hydrogen-bond donors (Lipinski definition) is 3. The van der Waals surface area contributed by atoms with Gasteiger partial charge in [0.2, 0.25) is 0 Å². The van der Waals surface area contributed by atoms with Gasteiger partial charge in [0.1, 0.15) is 17.6 Å². The van der Waals surface area contributed by atoms with Crippen LogP contribution in [0.25, 0.3) is 11.3 Å². The summed E-state index contributed by atoms with van der Waals surface area (Å²) in [5.74, 6) is -1.01. The second-order valence-corrected chi connectivity index (χ2v) is 9.89. The Morgan fingerprint density at radius 3 is 2.53 bits per heavy atom. The number of nitrogens with one attached hydrogen (secondary N) is 2. The van der Waals surface area contributed by atoms with Crippen LogP contribution in [0.2, 0.25) is 5.02 Å². The van der Waals surface area contributed by atoms with Gasteiger partial charge >= 0.3 is 12.8 Å². The molecule has 3 rings (SSSR count). The first kappa shape index (κ1) is 29.9. The highest BCUT2D eigenvalue weighted by Crippen LogP contribution is 2.39. The number of aryl methyl sites for hydroxylation is 1. The molecule has 2 aromatic heterocycles. The number of anilines is 1. The summed E-state index contributed by atoms with van der Waals surface area (Å²) in [6, 6.07) is -1.04. The van der Waals surface area contributed by atoms with Crippen LogP contribution in [-0.4, -0.2) is 56.8 Å². The van der Waals surface area contributed by atoms with Crippen molar-refractivity contribution in [2.24, 2.45) is 5.92 Å². The van der Waals surface area contributed by atoms with Crippen molar-refractivity contribution >= 4 is 23.3 Å². The summed E-state index contributed by atoms with van der Waals surface area (Å²) in [6.07, 6.45) is -1.16. The van der Waals surface area contributed by atoms with Crippen molar-refractivity contribution in [3.05, 3.63) is 23.0 Å². The van der Waals surface area contributed by atoms with Crippen LogP contribution in [0.5, 0.6) is 5.75 Å². The minimum atomic E-state index is -4.59. The lowest BCUT2D eigenvalue weighted by Crippen LogP contribution is -2.45. The molecule has 1 aliphatic rings. The Kier molecular flexibility index (Phi) is 9.45. The van der Waals surface area contributed by atoms with E-state index in [1.165, 1.54) is 11.6 Å². The van der Waals surface area contributed by atoms with Crippen LogP contribution in [-0.2, 0) is 6.54 Å². The van der Waals surface area contributed by atoms with Gasteiger partial charge in [0.05, 0.1) is 21.9 Å². The maximum absolute atomic E-state index is 13.2. The summed E-state index contributed by atoms with van der Waals surface area (Å²) in [4.78, 5) is 16.9. The topological polar surface area (TPSA) is 101 Å². The van der Waals surface area contributed by atoms with Gasteiger partial charge in [-0.2, -0.15) is 27.1 Å². The third-order valence-corrected chi connectivity index (χ3v) is 7.01. The van der Waals surface area contributed by atoms with Gasteiger partial charge in [0.25, 0.3) is 5.91 Å². The zero-order valence-electron chi connectivity index (χ0n) is 21.2. The molecule has 2 aromatic rings. The average molecular weight is 568 g/mol. The molecule has 38 heavy (non-hydrogen) atoms. The summed E-state index contributed by atoms with van der Waals surface area (Å²) < 4.78 is 71.9. The molecule has 0 saturated heterocycles. The van der Waals surface area contributed by atoms with Gasteiger partial charge in [-0.05, 0) is 44.9 Å².